The maximum atomic E-state index is 12.6. The molecule has 1 aromatic carbocycles. The zero-order valence-corrected chi connectivity index (χ0v) is 16.7. The molecule has 29 heavy (non-hydrogen) atoms. The van der Waals surface area contributed by atoms with Crippen molar-refractivity contribution in [2.24, 2.45) is 0 Å². The summed E-state index contributed by atoms with van der Waals surface area (Å²) in [6.45, 7) is 1.71. The number of sulfonamides is 1. The summed E-state index contributed by atoms with van der Waals surface area (Å²) in [6.07, 6.45) is 6.34. The highest BCUT2D eigenvalue weighted by Crippen LogP contribution is 2.22. The normalized spacial score (nSPS) is 27.4. The van der Waals surface area contributed by atoms with Gasteiger partial charge in [0.15, 0.2) is 6.10 Å². The Labute approximate surface area is 170 Å². The van der Waals surface area contributed by atoms with E-state index in [1.165, 1.54) is 4.31 Å². The van der Waals surface area contributed by atoms with Crippen LogP contribution in [0.4, 0.5) is 5.69 Å². The first kappa shape index (κ1) is 20.2. The predicted octanol–water partition coefficient (Wildman–Crippen LogP) is 1.07. The number of fused-ring (bicyclic) bond motifs is 1. The number of carbonyl (C=O) groups excluding carboxylic acids is 1. The lowest BCUT2D eigenvalue weighted by molar-refractivity contribution is -0.164. The number of nitrogens with one attached hydrogen (secondary N) is 1. The minimum atomic E-state index is -3.43. The molecule has 2 heterocycles. The molecule has 0 saturated carbocycles. The zero-order valence-electron chi connectivity index (χ0n) is 15.9. The Bertz CT molecular complexity index is 907. The van der Waals surface area contributed by atoms with E-state index in [1.807, 2.05) is 24.3 Å². The highest BCUT2D eigenvalue weighted by molar-refractivity contribution is 7.88. The number of anilines is 1. The molecule has 2 saturated heterocycles. The molecular weight excluding hydrogens is 396 g/mol. The van der Waals surface area contributed by atoms with E-state index in [0.717, 1.165) is 0 Å². The van der Waals surface area contributed by atoms with Crippen LogP contribution in [-0.4, -0.2) is 69.9 Å². The lowest BCUT2D eigenvalue weighted by atomic mass is 10.1. The topological polar surface area (TPSA) is 94.2 Å². The van der Waals surface area contributed by atoms with Gasteiger partial charge in [0.2, 0.25) is 10.0 Å². The highest BCUT2D eigenvalue weighted by atomic mass is 32.2. The molecule has 3 atom stereocenters. The number of nitrogens with zero attached hydrogens (tertiary/aromatic N) is 1. The molecule has 1 N–H and O–H groups in total. The first-order valence-electron chi connectivity index (χ1n) is 9.59. The molecule has 3 unspecified atom stereocenters. The van der Waals surface area contributed by atoms with Gasteiger partial charge >= 0.3 is 0 Å². The van der Waals surface area contributed by atoms with E-state index < -0.39 is 16.1 Å². The van der Waals surface area contributed by atoms with Gasteiger partial charge in [-0.1, -0.05) is 36.4 Å². The van der Waals surface area contributed by atoms with Crippen molar-refractivity contribution < 1.29 is 27.4 Å². The summed E-state index contributed by atoms with van der Waals surface area (Å²) in [5.74, 6) is -0.444. The smallest absolute Gasteiger partial charge is 0.255 e. The van der Waals surface area contributed by atoms with Crippen LogP contribution in [0.15, 0.2) is 48.6 Å². The SMILES string of the molecule is O=C(Nc1cccc(CS(=O)(=O)N2CCOCC2)c1)C1COC2C=CC=CC2O1. The first-order chi connectivity index (χ1) is 14.0. The van der Waals surface area contributed by atoms with Crippen molar-refractivity contribution in [2.75, 3.05) is 38.2 Å². The molecule has 0 radical (unpaired) electrons. The third-order valence-electron chi connectivity index (χ3n) is 5.00. The van der Waals surface area contributed by atoms with Crippen LogP contribution in [0.2, 0.25) is 0 Å². The Morgan fingerprint density at radius 1 is 1.14 bits per heavy atom. The summed E-state index contributed by atoms with van der Waals surface area (Å²) in [4.78, 5) is 12.6. The second-order valence-corrected chi connectivity index (χ2v) is 9.08. The fraction of sp³-hybridized carbons (Fsp3) is 0.450. The van der Waals surface area contributed by atoms with E-state index >= 15 is 0 Å². The predicted molar refractivity (Wildman–Crippen MR) is 107 cm³/mol. The molecule has 156 valence electrons. The Balaban J connectivity index is 1.38. The number of hydrogen-bond acceptors (Lipinski definition) is 6. The third kappa shape index (κ3) is 4.93. The molecule has 0 spiro atoms. The molecule has 0 bridgehead atoms. The van der Waals surface area contributed by atoms with Gasteiger partial charge in [0, 0.05) is 18.8 Å². The van der Waals surface area contributed by atoms with Crippen LogP contribution in [0.5, 0.6) is 0 Å². The van der Waals surface area contributed by atoms with Gasteiger partial charge in [-0.2, -0.15) is 4.31 Å². The van der Waals surface area contributed by atoms with Gasteiger partial charge in [0.1, 0.15) is 12.2 Å². The van der Waals surface area contributed by atoms with Gasteiger partial charge in [0.05, 0.1) is 25.6 Å². The Morgan fingerprint density at radius 3 is 2.69 bits per heavy atom. The summed E-state index contributed by atoms with van der Waals surface area (Å²) in [7, 11) is -3.43. The Kier molecular flexibility index (Phi) is 6.12. The molecule has 0 aromatic heterocycles. The average Bonchev–Trinajstić information content (AvgIpc) is 2.74. The van der Waals surface area contributed by atoms with E-state index in [4.69, 9.17) is 14.2 Å². The lowest BCUT2D eigenvalue weighted by Gasteiger charge is -2.34. The lowest BCUT2D eigenvalue weighted by Crippen LogP contribution is -2.47. The van der Waals surface area contributed by atoms with Gasteiger partial charge in [-0.05, 0) is 17.7 Å². The number of hydrogen-bond donors (Lipinski definition) is 1. The monoisotopic (exact) mass is 420 g/mol. The van der Waals surface area contributed by atoms with Gasteiger partial charge in [-0.15, -0.1) is 0 Å². The minimum Gasteiger partial charge on any atom is -0.379 e. The second-order valence-electron chi connectivity index (χ2n) is 7.11. The highest BCUT2D eigenvalue weighted by Gasteiger charge is 2.33. The Hall–Kier alpha value is -2.04. The molecule has 1 aromatic rings. The minimum absolute atomic E-state index is 0.124. The summed E-state index contributed by atoms with van der Waals surface area (Å²) in [5, 5.41) is 2.80. The van der Waals surface area contributed by atoms with Crippen molar-refractivity contribution >= 4 is 21.6 Å². The molecule has 2 aliphatic heterocycles. The van der Waals surface area contributed by atoms with E-state index in [9.17, 15) is 13.2 Å². The molecular formula is C20H24N2O6S. The zero-order chi connectivity index (χ0) is 20.3. The quantitative estimate of drug-likeness (QED) is 0.766. The number of morpholine rings is 1. The average molecular weight is 420 g/mol. The maximum absolute atomic E-state index is 12.6. The van der Waals surface area contributed by atoms with Crippen molar-refractivity contribution in [3.63, 3.8) is 0 Å². The van der Waals surface area contributed by atoms with Gasteiger partial charge in [0.25, 0.3) is 5.91 Å². The molecule has 1 aliphatic carbocycles. The van der Waals surface area contributed by atoms with Gasteiger partial charge in [-0.25, -0.2) is 8.42 Å². The summed E-state index contributed by atoms with van der Waals surface area (Å²) in [5.41, 5.74) is 1.13. The molecule has 9 heteroatoms. The van der Waals surface area contributed by atoms with Gasteiger partial charge < -0.3 is 19.5 Å². The summed E-state index contributed by atoms with van der Waals surface area (Å²) < 4.78 is 43.4. The van der Waals surface area contributed by atoms with Crippen LogP contribution in [0.3, 0.4) is 0 Å². The molecule has 8 nitrogen and oxygen atoms in total. The van der Waals surface area contributed by atoms with Crippen molar-refractivity contribution in [1.29, 1.82) is 0 Å². The molecule has 4 rings (SSSR count). The number of allylic oxidation sites excluding steroid dienone is 2. The number of ether oxygens (including phenoxy) is 3. The van der Waals surface area contributed by atoms with Crippen LogP contribution in [0.25, 0.3) is 0 Å². The standard InChI is InChI=1S/C20H24N2O6S/c23-20(19-13-27-17-6-1-2-7-18(17)28-19)21-16-5-3-4-15(12-16)14-29(24,25)22-8-10-26-11-9-22/h1-7,12,17-19H,8-11,13-14H2,(H,21,23). The summed E-state index contributed by atoms with van der Waals surface area (Å²) >= 11 is 0. The number of amides is 1. The second kappa shape index (κ2) is 8.76. The van der Waals surface area contributed by atoms with E-state index in [0.29, 0.717) is 37.6 Å². The van der Waals surface area contributed by atoms with Crippen molar-refractivity contribution in [3.8, 4) is 0 Å². The van der Waals surface area contributed by atoms with Crippen LogP contribution in [0.1, 0.15) is 5.56 Å². The number of carbonyl (C=O) groups is 1. The molecule has 1 amide bonds. The van der Waals surface area contributed by atoms with Crippen LogP contribution in [0, 0.1) is 0 Å². The van der Waals surface area contributed by atoms with E-state index in [1.54, 1.807) is 24.3 Å². The maximum Gasteiger partial charge on any atom is 0.255 e. The third-order valence-corrected chi connectivity index (χ3v) is 6.85. The number of rotatable bonds is 5. The fourth-order valence-electron chi connectivity index (χ4n) is 3.49. The van der Waals surface area contributed by atoms with E-state index in [-0.39, 0.29) is 30.5 Å². The Morgan fingerprint density at radius 2 is 1.90 bits per heavy atom. The van der Waals surface area contributed by atoms with Crippen molar-refractivity contribution in [2.45, 2.75) is 24.1 Å². The fourth-order valence-corrected chi connectivity index (χ4v) is 4.98. The number of benzene rings is 1. The molecule has 3 aliphatic rings. The summed E-state index contributed by atoms with van der Waals surface area (Å²) in [6, 6.07) is 6.85. The van der Waals surface area contributed by atoms with Crippen molar-refractivity contribution in [3.05, 3.63) is 54.1 Å². The largest absolute Gasteiger partial charge is 0.379 e. The first-order valence-corrected chi connectivity index (χ1v) is 11.2. The van der Waals surface area contributed by atoms with Crippen LogP contribution >= 0.6 is 0 Å². The molecule has 2 fully saturated rings. The van der Waals surface area contributed by atoms with Gasteiger partial charge in [-0.3, -0.25) is 4.79 Å². The van der Waals surface area contributed by atoms with E-state index in [2.05, 4.69) is 5.32 Å². The van der Waals surface area contributed by atoms with Crippen molar-refractivity contribution in [1.82, 2.24) is 4.31 Å². The van der Waals surface area contributed by atoms with Crippen LogP contribution in [-0.2, 0) is 34.8 Å². The van der Waals surface area contributed by atoms with Crippen LogP contribution < -0.4 is 5.32 Å².